The molecule has 0 spiro atoms. The van der Waals surface area contributed by atoms with E-state index in [0.717, 1.165) is 43.0 Å². The summed E-state index contributed by atoms with van der Waals surface area (Å²) in [6, 6.07) is 4.38. The zero-order valence-corrected chi connectivity index (χ0v) is 11.0. The van der Waals surface area contributed by atoms with Crippen LogP contribution in [-0.4, -0.2) is 27.7 Å². The maximum absolute atomic E-state index is 5.45. The number of aromatic nitrogens is 3. The van der Waals surface area contributed by atoms with Crippen LogP contribution < -0.4 is 0 Å². The molecule has 4 heteroatoms. The Morgan fingerprint density at radius 3 is 3.11 bits per heavy atom. The average molecular weight is 245 g/mol. The van der Waals surface area contributed by atoms with Crippen LogP contribution in [0.3, 0.4) is 0 Å². The number of ether oxygens (including phenoxy) is 1. The van der Waals surface area contributed by atoms with E-state index in [9.17, 15) is 0 Å². The molecule has 96 valence electrons. The first-order chi connectivity index (χ1) is 8.75. The lowest BCUT2D eigenvalue weighted by Gasteiger charge is -2.14. The third kappa shape index (κ3) is 2.01. The van der Waals surface area contributed by atoms with Gasteiger partial charge in [0, 0.05) is 31.9 Å². The highest BCUT2D eigenvalue weighted by Gasteiger charge is 2.21. The van der Waals surface area contributed by atoms with Gasteiger partial charge in [-0.25, -0.2) is 9.97 Å². The summed E-state index contributed by atoms with van der Waals surface area (Å²) < 4.78 is 7.71. The van der Waals surface area contributed by atoms with Crippen molar-refractivity contribution in [3.05, 3.63) is 24.2 Å². The van der Waals surface area contributed by atoms with Crippen molar-refractivity contribution < 1.29 is 4.74 Å². The maximum Gasteiger partial charge on any atom is 0.160 e. The van der Waals surface area contributed by atoms with Crippen molar-refractivity contribution in [2.45, 2.75) is 32.7 Å². The summed E-state index contributed by atoms with van der Waals surface area (Å²) in [5.74, 6) is 1.76. The molecule has 0 amide bonds. The summed E-state index contributed by atoms with van der Waals surface area (Å²) in [7, 11) is 0. The first kappa shape index (κ1) is 11.7. The van der Waals surface area contributed by atoms with E-state index in [1.807, 2.05) is 18.3 Å². The summed E-state index contributed by atoms with van der Waals surface area (Å²) in [4.78, 5) is 9.21. The van der Waals surface area contributed by atoms with Crippen molar-refractivity contribution in [1.29, 1.82) is 0 Å². The van der Waals surface area contributed by atoms with E-state index in [1.165, 1.54) is 0 Å². The standard InChI is InChI=1S/C14H19N3O/c1-10(2)17-13(8-11-5-7-18-9-11)16-12-4-3-6-15-14(12)17/h3-4,6,10-11H,5,7-9H2,1-2H3. The molecule has 0 radical (unpaired) electrons. The Morgan fingerprint density at radius 1 is 1.50 bits per heavy atom. The van der Waals surface area contributed by atoms with Crippen LogP contribution in [0.2, 0.25) is 0 Å². The second-order valence-corrected chi connectivity index (χ2v) is 5.27. The molecule has 0 bridgehead atoms. The smallest absolute Gasteiger partial charge is 0.160 e. The summed E-state index contributed by atoms with van der Waals surface area (Å²) in [6.07, 6.45) is 3.98. The first-order valence-corrected chi connectivity index (χ1v) is 6.65. The number of pyridine rings is 1. The lowest BCUT2D eigenvalue weighted by Crippen LogP contribution is -2.12. The van der Waals surface area contributed by atoms with Gasteiger partial charge in [-0.05, 0) is 38.3 Å². The zero-order valence-electron chi connectivity index (χ0n) is 11.0. The van der Waals surface area contributed by atoms with Crippen molar-refractivity contribution in [3.8, 4) is 0 Å². The minimum absolute atomic E-state index is 0.391. The SMILES string of the molecule is CC(C)n1c(CC2CCOC2)nc2cccnc21. The molecule has 1 aliphatic rings. The second-order valence-electron chi connectivity index (χ2n) is 5.27. The maximum atomic E-state index is 5.45. The van der Waals surface area contributed by atoms with Crippen molar-refractivity contribution >= 4 is 11.2 Å². The number of rotatable bonds is 3. The molecule has 2 aromatic rings. The molecule has 1 unspecified atom stereocenters. The first-order valence-electron chi connectivity index (χ1n) is 6.65. The van der Waals surface area contributed by atoms with Crippen LogP contribution in [0.15, 0.2) is 18.3 Å². The van der Waals surface area contributed by atoms with Crippen LogP contribution in [-0.2, 0) is 11.2 Å². The van der Waals surface area contributed by atoms with Crippen LogP contribution in [0.5, 0.6) is 0 Å². The van der Waals surface area contributed by atoms with Crippen molar-refractivity contribution in [1.82, 2.24) is 14.5 Å². The molecular formula is C14H19N3O. The molecule has 3 heterocycles. The Bertz CT molecular complexity index is 541. The molecule has 1 aliphatic heterocycles. The molecule has 4 nitrogen and oxygen atoms in total. The number of fused-ring (bicyclic) bond motifs is 1. The Kier molecular flexibility index (Phi) is 3.04. The van der Waals surface area contributed by atoms with Gasteiger partial charge >= 0.3 is 0 Å². The largest absolute Gasteiger partial charge is 0.381 e. The highest BCUT2D eigenvalue weighted by Crippen LogP contribution is 2.23. The van der Waals surface area contributed by atoms with Crippen molar-refractivity contribution in [2.24, 2.45) is 5.92 Å². The molecule has 1 atom stereocenters. The fourth-order valence-electron chi connectivity index (χ4n) is 2.67. The van der Waals surface area contributed by atoms with Crippen molar-refractivity contribution in [2.75, 3.05) is 13.2 Å². The van der Waals surface area contributed by atoms with Gasteiger partial charge in [-0.15, -0.1) is 0 Å². The van der Waals surface area contributed by atoms with E-state index in [4.69, 9.17) is 9.72 Å². The molecule has 0 N–H and O–H groups in total. The monoisotopic (exact) mass is 245 g/mol. The molecule has 1 fully saturated rings. The normalized spacial score (nSPS) is 20.1. The molecule has 0 saturated carbocycles. The fraction of sp³-hybridized carbons (Fsp3) is 0.571. The summed E-state index contributed by atoms with van der Waals surface area (Å²) in [5, 5.41) is 0. The van der Waals surface area contributed by atoms with E-state index in [-0.39, 0.29) is 0 Å². The lowest BCUT2D eigenvalue weighted by molar-refractivity contribution is 0.185. The Hall–Kier alpha value is -1.42. The number of hydrogen-bond donors (Lipinski definition) is 0. The average Bonchev–Trinajstić information content (AvgIpc) is 2.95. The minimum Gasteiger partial charge on any atom is -0.381 e. The van der Waals surface area contributed by atoms with Gasteiger partial charge in [-0.1, -0.05) is 0 Å². The number of hydrogen-bond acceptors (Lipinski definition) is 3. The topological polar surface area (TPSA) is 39.9 Å². The molecule has 0 aromatic carbocycles. The van der Waals surface area contributed by atoms with E-state index >= 15 is 0 Å². The number of imidazole rings is 1. The van der Waals surface area contributed by atoms with Crippen LogP contribution in [0.1, 0.15) is 32.1 Å². The lowest BCUT2D eigenvalue weighted by atomic mass is 10.0. The molecule has 3 rings (SSSR count). The van der Waals surface area contributed by atoms with Gasteiger partial charge in [-0.2, -0.15) is 0 Å². The minimum atomic E-state index is 0.391. The van der Waals surface area contributed by atoms with E-state index < -0.39 is 0 Å². The predicted octanol–water partition coefficient (Wildman–Crippen LogP) is 2.59. The highest BCUT2D eigenvalue weighted by atomic mass is 16.5. The van der Waals surface area contributed by atoms with Gasteiger partial charge in [-0.3, -0.25) is 0 Å². The van der Waals surface area contributed by atoms with Gasteiger partial charge in [0.25, 0.3) is 0 Å². The molecule has 0 aliphatic carbocycles. The van der Waals surface area contributed by atoms with Crippen LogP contribution in [0.4, 0.5) is 0 Å². The van der Waals surface area contributed by atoms with Crippen LogP contribution in [0.25, 0.3) is 11.2 Å². The van der Waals surface area contributed by atoms with Gasteiger partial charge in [0.05, 0.1) is 0 Å². The highest BCUT2D eigenvalue weighted by molar-refractivity contribution is 5.71. The van der Waals surface area contributed by atoms with Crippen LogP contribution in [0, 0.1) is 5.92 Å². The summed E-state index contributed by atoms with van der Waals surface area (Å²) in [5.41, 5.74) is 2.00. The molecule has 1 saturated heterocycles. The predicted molar refractivity (Wildman–Crippen MR) is 70.5 cm³/mol. The van der Waals surface area contributed by atoms with E-state index in [2.05, 4.69) is 23.4 Å². The quantitative estimate of drug-likeness (QED) is 0.834. The van der Waals surface area contributed by atoms with Gasteiger partial charge in [0.1, 0.15) is 11.3 Å². The Balaban J connectivity index is 2.01. The third-order valence-electron chi connectivity index (χ3n) is 3.53. The van der Waals surface area contributed by atoms with Gasteiger partial charge in [0.2, 0.25) is 0 Å². The zero-order chi connectivity index (χ0) is 12.5. The second kappa shape index (κ2) is 4.69. The molecule has 2 aromatic heterocycles. The Morgan fingerprint density at radius 2 is 2.39 bits per heavy atom. The Labute approximate surface area is 107 Å². The third-order valence-corrected chi connectivity index (χ3v) is 3.53. The van der Waals surface area contributed by atoms with Gasteiger partial charge < -0.3 is 9.30 Å². The summed E-state index contributed by atoms with van der Waals surface area (Å²) in [6.45, 7) is 6.13. The fourth-order valence-corrected chi connectivity index (χ4v) is 2.67. The van der Waals surface area contributed by atoms with Crippen LogP contribution >= 0.6 is 0 Å². The number of nitrogens with zero attached hydrogens (tertiary/aromatic N) is 3. The molecule has 18 heavy (non-hydrogen) atoms. The van der Waals surface area contributed by atoms with E-state index in [1.54, 1.807) is 0 Å². The van der Waals surface area contributed by atoms with Gasteiger partial charge in [0.15, 0.2) is 5.65 Å². The molecular weight excluding hydrogens is 226 g/mol. The summed E-state index contributed by atoms with van der Waals surface area (Å²) >= 11 is 0. The van der Waals surface area contributed by atoms with Crippen molar-refractivity contribution in [3.63, 3.8) is 0 Å². The van der Waals surface area contributed by atoms with E-state index in [0.29, 0.717) is 12.0 Å².